The molecule has 3 N–H and O–H groups in total. The molecule has 154 valence electrons. The van der Waals surface area contributed by atoms with E-state index in [1.165, 1.54) is 11.1 Å². The number of benzene rings is 1. The Balaban J connectivity index is 0.00000182. The van der Waals surface area contributed by atoms with E-state index in [1.807, 2.05) is 0 Å². The molecule has 1 amide bonds. The van der Waals surface area contributed by atoms with Crippen LogP contribution in [-0.2, 0) is 9.53 Å². The van der Waals surface area contributed by atoms with Crippen molar-refractivity contribution in [3.05, 3.63) is 35.4 Å². The number of halogens is 2. The van der Waals surface area contributed by atoms with Crippen LogP contribution in [0.3, 0.4) is 0 Å². The van der Waals surface area contributed by atoms with Crippen LogP contribution in [0.5, 0.6) is 0 Å². The Kier molecular flexibility index (Phi) is 10.6. The molecule has 1 saturated carbocycles. The lowest BCUT2D eigenvalue weighted by atomic mass is 9.99. The van der Waals surface area contributed by atoms with E-state index in [0.29, 0.717) is 18.9 Å². The Labute approximate surface area is 175 Å². The summed E-state index contributed by atoms with van der Waals surface area (Å²) >= 11 is 0. The number of ether oxygens (including phenoxy) is 1. The molecule has 1 aliphatic carbocycles. The van der Waals surface area contributed by atoms with Gasteiger partial charge in [0, 0.05) is 32.1 Å². The Hall–Kier alpha value is -0.850. The smallest absolute Gasteiger partial charge is 0.220 e. The maximum Gasteiger partial charge on any atom is 0.220 e. The van der Waals surface area contributed by atoms with Gasteiger partial charge in [0.2, 0.25) is 5.91 Å². The molecule has 3 rings (SSSR count). The molecule has 0 bridgehead atoms. The number of hydrogen-bond acceptors (Lipinski definition) is 4. The highest BCUT2D eigenvalue weighted by atomic mass is 35.5. The van der Waals surface area contributed by atoms with Gasteiger partial charge in [0.05, 0.1) is 19.3 Å². The normalized spacial score (nSPS) is 23.8. The summed E-state index contributed by atoms with van der Waals surface area (Å²) in [7, 11) is 0. The van der Waals surface area contributed by atoms with E-state index >= 15 is 0 Å². The second kappa shape index (κ2) is 11.9. The van der Waals surface area contributed by atoms with E-state index in [1.54, 1.807) is 0 Å². The zero-order valence-corrected chi connectivity index (χ0v) is 17.7. The SMILES string of the molecule is Cc1cccc(C(CNC(=O)C[C@@H]2CCC[C@H]2N)N2CCOCC2)c1.Cl.Cl. The molecule has 1 aromatic rings. The third-order valence-corrected chi connectivity index (χ3v) is 5.57. The highest BCUT2D eigenvalue weighted by molar-refractivity contribution is 5.85. The molecule has 0 spiro atoms. The zero-order chi connectivity index (χ0) is 17.6. The zero-order valence-electron chi connectivity index (χ0n) is 16.1. The average Bonchev–Trinajstić information content (AvgIpc) is 3.01. The van der Waals surface area contributed by atoms with Crippen LogP contribution in [0.25, 0.3) is 0 Å². The Morgan fingerprint density at radius 3 is 2.67 bits per heavy atom. The Morgan fingerprint density at radius 2 is 2.04 bits per heavy atom. The average molecular weight is 418 g/mol. The van der Waals surface area contributed by atoms with E-state index in [9.17, 15) is 4.79 Å². The lowest BCUT2D eigenvalue weighted by molar-refractivity contribution is -0.122. The van der Waals surface area contributed by atoms with Gasteiger partial charge in [-0.25, -0.2) is 0 Å². The van der Waals surface area contributed by atoms with Gasteiger partial charge in [-0.3, -0.25) is 9.69 Å². The maximum atomic E-state index is 12.4. The Morgan fingerprint density at radius 1 is 1.30 bits per heavy atom. The van der Waals surface area contributed by atoms with E-state index in [0.717, 1.165) is 45.6 Å². The predicted molar refractivity (Wildman–Crippen MR) is 114 cm³/mol. The molecule has 7 heteroatoms. The van der Waals surface area contributed by atoms with Crippen LogP contribution in [-0.4, -0.2) is 49.7 Å². The van der Waals surface area contributed by atoms with Gasteiger partial charge in [0.15, 0.2) is 0 Å². The molecule has 1 aromatic carbocycles. The van der Waals surface area contributed by atoms with Crippen LogP contribution in [0.4, 0.5) is 0 Å². The minimum atomic E-state index is 0. The lowest BCUT2D eigenvalue weighted by Crippen LogP contribution is -2.44. The first-order chi connectivity index (χ1) is 12.1. The van der Waals surface area contributed by atoms with Crippen LogP contribution in [0.1, 0.15) is 42.9 Å². The molecule has 5 nitrogen and oxygen atoms in total. The standard InChI is InChI=1S/C20H31N3O2.2ClH/c1-15-4-2-6-17(12-15)19(23-8-10-25-11-9-23)14-22-20(24)13-16-5-3-7-18(16)21;;/h2,4,6,12,16,18-19H,3,5,7-11,13-14,21H2,1H3,(H,22,24);2*1H/t16-,18+,19?;;/m0../s1. The van der Waals surface area contributed by atoms with Gasteiger partial charge in [-0.05, 0) is 31.2 Å². The number of nitrogens with zero attached hydrogens (tertiary/aromatic N) is 1. The summed E-state index contributed by atoms with van der Waals surface area (Å²) in [6.07, 6.45) is 3.85. The highest BCUT2D eigenvalue weighted by Crippen LogP contribution is 2.27. The summed E-state index contributed by atoms with van der Waals surface area (Å²) < 4.78 is 5.49. The van der Waals surface area contributed by atoms with Crippen LogP contribution >= 0.6 is 24.8 Å². The third kappa shape index (κ3) is 6.91. The summed E-state index contributed by atoms with van der Waals surface area (Å²) in [6, 6.07) is 8.98. The minimum absolute atomic E-state index is 0. The molecule has 1 aliphatic heterocycles. The first kappa shape index (κ1) is 24.2. The summed E-state index contributed by atoms with van der Waals surface area (Å²) in [6.45, 7) is 6.08. The van der Waals surface area contributed by atoms with Crippen molar-refractivity contribution >= 4 is 30.7 Å². The molecule has 3 atom stereocenters. The predicted octanol–water partition coefficient (Wildman–Crippen LogP) is 2.85. The number of aryl methyl sites for hydroxylation is 1. The summed E-state index contributed by atoms with van der Waals surface area (Å²) in [5.74, 6) is 0.481. The van der Waals surface area contributed by atoms with Gasteiger partial charge < -0.3 is 15.8 Å². The molecular weight excluding hydrogens is 385 g/mol. The quantitative estimate of drug-likeness (QED) is 0.746. The molecule has 2 aliphatic rings. The number of carbonyl (C=O) groups is 1. The first-order valence-electron chi connectivity index (χ1n) is 9.54. The number of amides is 1. The van der Waals surface area contributed by atoms with Crippen molar-refractivity contribution in [2.45, 2.75) is 44.7 Å². The molecule has 1 heterocycles. The van der Waals surface area contributed by atoms with E-state index in [2.05, 4.69) is 41.4 Å². The van der Waals surface area contributed by atoms with E-state index < -0.39 is 0 Å². The summed E-state index contributed by atoms with van der Waals surface area (Å²) in [5, 5.41) is 3.17. The second-order valence-corrected chi connectivity index (χ2v) is 7.44. The second-order valence-electron chi connectivity index (χ2n) is 7.44. The van der Waals surface area contributed by atoms with Crippen molar-refractivity contribution in [3.8, 4) is 0 Å². The number of nitrogens with one attached hydrogen (secondary N) is 1. The summed E-state index contributed by atoms with van der Waals surface area (Å²) in [5.41, 5.74) is 8.62. The van der Waals surface area contributed by atoms with Gasteiger partial charge in [-0.15, -0.1) is 24.8 Å². The first-order valence-corrected chi connectivity index (χ1v) is 9.54. The largest absolute Gasteiger partial charge is 0.379 e. The van der Waals surface area contributed by atoms with Gasteiger partial charge in [-0.1, -0.05) is 36.2 Å². The number of nitrogens with two attached hydrogens (primary N) is 1. The van der Waals surface area contributed by atoms with E-state index in [4.69, 9.17) is 10.5 Å². The van der Waals surface area contributed by atoms with Gasteiger partial charge in [0.1, 0.15) is 0 Å². The minimum Gasteiger partial charge on any atom is -0.379 e. The van der Waals surface area contributed by atoms with Crippen molar-refractivity contribution in [3.63, 3.8) is 0 Å². The fraction of sp³-hybridized carbons (Fsp3) is 0.650. The van der Waals surface area contributed by atoms with Crippen LogP contribution in [0.2, 0.25) is 0 Å². The van der Waals surface area contributed by atoms with Gasteiger partial charge in [0.25, 0.3) is 0 Å². The van der Waals surface area contributed by atoms with Crippen LogP contribution in [0, 0.1) is 12.8 Å². The molecule has 27 heavy (non-hydrogen) atoms. The number of hydrogen-bond donors (Lipinski definition) is 2. The molecular formula is C20H33Cl2N3O2. The van der Waals surface area contributed by atoms with Gasteiger partial charge >= 0.3 is 0 Å². The monoisotopic (exact) mass is 417 g/mol. The lowest BCUT2D eigenvalue weighted by Gasteiger charge is -2.35. The van der Waals surface area contributed by atoms with Crippen LogP contribution < -0.4 is 11.1 Å². The third-order valence-electron chi connectivity index (χ3n) is 5.57. The molecule has 2 fully saturated rings. The topological polar surface area (TPSA) is 67.6 Å². The van der Waals surface area contributed by atoms with Crippen molar-refractivity contribution in [1.29, 1.82) is 0 Å². The van der Waals surface area contributed by atoms with Crippen molar-refractivity contribution in [2.24, 2.45) is 11.7 Å². The molecule has 0 aromatic heterocycles. The van der Waals surface area contributed by atoms with Crippen molar-refractivity contribution < 1.29 is 9.53 Å². The number of morpholine rings is 1. The summed E-state index contributed by atoms with van der Waals surface area (Å²) in [4.78, 5) is 14.8. The van der Waals surface area contributed by atoms with Crippen molar-refractivity contribution in [2.75, 3.05) is 32.8 Å². The fourth-order valence-corrected chi connectivity index (χ4v) is 4.06. The fourth-order valence-electron chi connectivity index (χ4n) is 4.06. The van der Waals surface area contributed by atoms with E-state index in [-0.39, 0.29) is 42.8 Å². The number of rotatable bonds is 6. The molecule has 0 radical (unpaired) electrons. The molecule has 1 saturated heterocycles. The van der Waals surface area contributed by atoms with Gasteiger partial charge in [-0.2, -0.15) is 0 Å². The Bertz CT molecular complexity index is 582. The number of carbonyl (C=O) groups excluding carboxylic acids is 1. The van der Waals surface area contributed by atoms with Crippen molar-refractivity contribution in [1.82, 2.24) is 10.2 Å². The van der Waals surface area contributed by atoms with Crippen LogP contribution in [0.15, 0.2) is 24.3 Å². The molecule has 1 unspecified atom stereocenters. The highest BCUT2D eigenvalue weighted by Gasteiger charge is 2.27. The maximum absolute atomic E-state index is 12.4.